The summed E-state index contributed by atoms with van der Waals surface area (Å²) in [5.74, 6) is -0.269. The highest BCUT2D eigenvalue weighted by Crippen LogP contribution is 2.28. The molecule has 0 spiro atoms. The van der Waals surface area contributed by atoms with E-state index >= 15 is 0 Å². The zero-order valence-corrected chi connectivity index (χ0v) is 16.5. The lowest BCUT2D eigenvalue weighted by Gasteiger charge is -2.05. The number of aryl methyl sites for hydroxylation is 1. The molecule has 0 saturated carbocycles. The molecule has 7 heteroatoms. The molecule has 0 saturated heterocycles. The lowest BCUT2D eigenvalue weighted by atomic mass is 10.1. The number of aromatic nitrogens is 1. The number of esters is 1. The van der Waals surface area contributed by atoms with Crippen molar-refractivity contribution in [3.05, 3.63) is 65.0 Å². The first-order chi connectivity index (χ1) is 13.0. The quantitative estimate of drug-likeness (QED) is 0.484. The zero-order chi connectivity index (χ0) is 19.2. The van der Waals surface area contributed by atoms with Gasteiger partial charge in [-0.1, -0.05) is 41.6 Å². The molecule has 27 heavy (non-hydrogen) atoms. The summed E-state index contributed by atoms with van der Waals surface area (Å²) in [4.78, 5) is 28.1. The highest BCUT2D eigenvalue weighted by Gasteiger charge is 2.09. The molecule has 0 atom stereocenters. The molecule has 1 amide bonds. The minimum atomic E-state index is -0.406. The second-order valence-electron chi connectivity index (χ2n) is 5.77. The van der Waals surface area contributed by atoms with Crippen molar-refractivity contribution in [2.45, 2.75) is 11.3 Å². The summed E-state index contributed by atoms with van der Waals surface area (Å²) in [6.45, 7) is 2.05. The third-order valence-corrected chi connectivity index (χ3v) is 5.77. The van der Waals surface area contributed by atoms with E-state index in [9.17, 15) is 9.59 Å². The summed E-state index contributed by atoms with van der Waals surface area (Å²) in [5.41, 5.74) is 4.27. The fourth-order valence-electron chi connectivity index (χ4n) is 2.31. The molecule has 1 N–H and O–H groups in total. The Morgan fingerprint density at radius 2 is 1.81 bits per heavy atom. The molecule has 0 bridgehead atoms. The van der Waals surface area contributed by atoms with Gasteiger partial charge in [0.05, 0.1) is 24.1 Å². The minimum Gasteiger partial charge on any atom is -0.465 e. The lowest BCUT2D eigenvalue weighted by molar-refractivity contribution is -0.113. The number of rotatable bonds is 6. The van der Waals surface area contributed by atoms with Crippen LogP contribution in [0.1, 0.15) is 15.9 Å². The van der Waals surface area contributed by atoms with Crippen LogP contribution in [0.25, 0.3) is 11.3 Å². The smallest absolute Gasteiger partial charge is 0.337 e. The number of methoxy groups -OCH3 is 1. The van der Waals surface area contributed by atoms with Crippen LogP contribution in [0.2, 0.25) is 0 Å². The van der Waals surface area contributed by atoms with E-state index in [0.29, 0.717) is 11.3 Å². The van der Waals surface area contributed by atoms with Crippen LogP contribution in [0.5, 0.6) is 0 Å². The van der Waals surface area contributed by atoms with E-state index in [1.54, 1.807) is 24.3 Å². The number of benzene rings is 2. The summed E-state index contributed by atoms with van der Waals surface area (Å²) >= 11 is 2.92. The highest BCUT2D eigenvalue weighted by molar-refractivity contribution is 8.01. The van der Waals surface area contributed by atoms with E-state index in [-0.39, 0.29) is 11.7 Å². The maximum absolute atomic E-state index is 12.1. The Hall–Kier alpha value is -2.64. The summed E-state index contributed by atoms with van der Waals surface area (Å²) in [6.07, 6.45) is 0. The van der Waals surface area contributed by atoms with Crippen LogP contribution in [0.15, 0.2) is 58.3 Å². The molecule has 0 radical (unpaired) electrons. The molecule has 5 nitrogen and oxygen atoms in total. The lowest BCUT2D eigenvalue weighted by Crippen LogP contribution is -2.14. The molecule has 0 aliphatic rings. The fraction of sp³-hybridized carbons (Fsp3) is 0.150. The maximum Gasteiger partial charge on any atom is 0.337 e. The van der Waals surface area contributed by atoms with Gasteiger partial charge in [0, 0.05) is 16.6 Å². The third-order valence-electron chi connectivity index (χ3n) is 3.75. The van der Waals surface area contributed by atoms with Gasteiger partial charge in [-0.2, -0.15) is 0 Å². The Morgan fingerprint density at radius 1 is 1.11 bits per heavy atom. The number of nitrogens with one attached hydrogen (secondary N) is 1. The van der Waals surface area contributed by atoms with Crippen molar-refractivity contribution in [1.29, 1.82) is 0 Å². The van der Waals surface area contributed by atoms with Gasteiger partial charge in [0.2, 0.25) is 5.91 Å². The molecular weight excluding hydrogens is 380 g/mol. The topological polar surface area (TPSA) is 68.3 Å². The van der Waals surface area contributed by atoms with Gasteiger partial charge in [-0.15, -0.1) is 11.3 Å². The number of thioether (sulfide) groups is 1. The normalized spacial score (nSPS) is 10.4. The SMILES string of the molecule is COC(=O)c1ccc(NC(=O)CSc2nc(-c3ccc(C)cc3)cs2)cc1. The standard InChI is InChI=1S/C20H18N2O3S2/c1-13-3-5-14(6-4-13)17-11-26-20(22-17)27-12-18(23)21-16-9-7-15(8-10-16)19(24)25-2/h3-11H,12H2,1-2H3,(H,21,23). The second-order valence-corrected chi connectivity index (χ2v) is 7.85. The van der Waals surface area contributed by atoms with E-state index in [0.717, 1.165) is 15.6 Å². The third kappa shape index (κ3) is 5.18. The fourth-order valence-corrected chi connectivity index (χ4v) is 3.95. The Labute approximate surface area is 165 Å². The van der Waals surface area contributed by atoms with Gasteiger partial charge in [0.1, 0.15) is 0 Å². The Balaban J connectivity index is 1.53. The van der Waals surface area contributed by atoms with Crippen LogP contribution in [0.3, 0.4) is 0 Å². The van der Waals surface area contributed by atoms with E-state index in [1.807, 2.05) is 24.4 Å². The number of anilines is 1. The van der Waals surface area contributed by atoms with Gasteiger partial charge in [-0.25, -0.2) is 9.78 Å². The second kappa shape index (κ2) is 8.83. The first-order valence-corrected chi connectivity index (χ1v) is 10.1. The van der Waals surface area contributed by atoms with Crippen molar-refractivity contribution in [2.75, 3.05) is 18.2 Å². The van der Waals surface area contributed by atoms with Crippen molar-refractivity contribution in [2.24, 2.45) is 0 Å². The molecule has 3 rings (SSSR count). The summed E-state index contributed by atoms with van der Waals surface area (Å²) in [6, 6.07) is 14.8. The van der Waals surface area contributed by atoms with E-state index < -0.39 is 5.97 Å². The van der Waals surface area contributed by atoms with Gasteiger partial charge in [-0.05, 0) is 31.2 Å². The molecule has 0 unspecified atom stereocenters. The number of hydrogen-bond acceptors (Lipinski definition) is 6. The highest BCUT2D eigenvalue weighted by atomic mass is 32.2. The number of ether oxygens (including phenoxy) is 1. The first kappa shape index (κ1) is 19.1. The molecular formula is C20H18N2O3S2. The van der Waals surface area contributed by atoms with Crippen LogP contribution in [0, 0.1) is 6.92 Å². The van der Waals surface area contributed by atoms with Crippen LogP contribution in [-0.4, -0.2) is 29.7 Å². The Bertz CT molecular complexity index is 935. The van der Waals surface area contributed by atoms with Crippen LogP contribution in [0.4, 0.5) is 5.69 Å². The monoisotopic (exact) mass is 398 g/mol. The summed E-state index contributed by atoms with van der Waals surface area (Å²) < 4.78 is 5.50. The molecule has 138 valence electrons. The minimum absolute atomic E-state index is 0.127. The number of hydrogen-bond donors (Lipinski definition) is 1. The van der Waals surface area contributed by atoms with Crippen molar-refractivity contribution in [3.63, 3.8) is 0 Å². The van der Waals surface area contributed by atoms with Crippen molar-refractivity contribution in [3.8, 4) is 11.3 Å². The van der Waals surface area contributed by atoms with Crippen molar-refractivity contribution < 1.29 is 14.3 Å². The molecule has 1 heterocycles. The van der Waals surface area contributed by atoms with Gasteiger partial charge in [0.15, 0.2) is 4.34 Å². The number of amides is 1. The largest absolute Gasteiger partial charge is 0.465 e. The number of nitrogens with zero attached hydrogens (tertiary/aromatic N) is 1. The predicted octanol–water partition coefficient (Wildman–Crippen LogP) is 4.64. The van der Waals surface area contributed by atoms with E-state index in [1.165, 1.54) is 35.8 Å². The van der Waals surface area contributed by atoms with Crippen molar-refractivity contribution in [1.82, 2.24) is 4.98 Å². The number of carbonyl (C=O) groups excluding carboxylic acids is 2. The zero-order valence-electron chi connectivity index (χ0n) is 14.9. The Morgan fingerprint density at radius 3 is 2.48 bits per heavy atom. The molecule has 3 aromatic rings. The average Bonchev–Trinajstić information content (AvgIpc) is 3.16. The molecule has 0 fully saturated rings. The van der Waals surface area contributed by atoms with Gasteiger partial charge in [0.25, 0.3) is 0 Å². The van der Waals surface area contributed by atoms with E-state index in [2.05, 4.69) is 27.2 Å². The first-order valence-electron chi connectivity index (χ1n) is 8.19. The summed E-state index contributed by atoms with van der Waals surface area (Å²) in [7, 11) is 1.33. The predicted molar refractivity (Wildman–Crippen MR) is 109 cm³/mol. The van der Waals surface area contributed by atoms with Gasteiger partial charge >= 0.3 is 5.97 Å². The molecule has 2 aromatic carbocycles. The molecule has 0 aliphatic heterocycles. The van der Waals surface area contributed by atoms with Gasteiger partial charge in [-0.3, -0.25) is 4.79 Å². The van der Waals surface area contributed by atoms with Gasteiger partial charge < -0.3 is 10.1 Å². The number of carbonyl (C=O) groups is 2. The van der Waals surface area contributed by atoms with Crippen LogP contribution >= 0.6 is 23.1 Å². The van der Waals surface area contributed by atoms with Crippen LogP contribution < -0.4 is 5.32 Å². The van der Waals surface area contributed by atoms with E-state index in [4.69, 9.17) is 0 Å². The summed E-state index contributed by atoms with van der Waals surface area (Å²) in [5, 5.41) is 4.80. The molecule has 1 aromatic heterocycles. The maximum atomic E-state index is 12.1. The van der Waals surface area contributed by atoms with Crippen LogP contribution in [-0.2, 0) is 9.53 Å². The molecule has 0 aliphatic carbocycles. The Kier molecular flexibility index (Phi) is 6.26. The van der Waals surface area contributed by atoms with Crippen molar-refractivity contribution >= 4 is 40.7 Å². The number of thiazole rings is 1. The average molecular weight is 399 g/mol.